The Morgan fingerprint density at radius 2 is 1.91 bits per heavy atom. The molecule has 0 spiro atoms. The number of aryl methyl sites for hydroxylation is 1. The largest absolute Gasteiger partial charge is 0.493 e. The van der Waals surface area contributed by atoms with Crippen molar-refractivity contribution in [1.82, 2.24) is 24.4 Å². The van der Waals surface area contributed by atoms with E-state index in [1.165, 1.54) is 19.4 Å². The number of ether oxygens (including phenoxy) is 2. The van der Waals surface area contributed by atoms with E-state index in [0.29, 0.717) is 40.7 Å². The number of anilines is 1. The molecule has 2 aliphatic rings. The van der Waals surface area contributed by atoms with Crippen LogP contribution in [0, 0.1) is 5.82 Å². The van der Waals surface area contributed by atoms with Gasteiger partial charge in [-0.05, 0) is 24.3 Å². The van der Waals surface area contributed by atoms with Gasteiger partial charge >= 0.3 is 6.18 Å². The molecule has 2 aliphatic heterocycles. The van der Waals surface area contributed by atoms with Gasteiger partial charge in [-0.15, -0.1) is 10.2 Å². The highest BCUT2D eigenvalue weighted by Crippen LogP contribution is 2.42. The number of pyridine rings is 1. The zero-order chi connectivity index (χ0) is 22.9. The molecule has 12 heteroatoms. The molecule has 0 aliphatic carbocycles. The maximum absolute atomic E-state index is 14.7. The fourth-order valence-corrected chi connectivity index (χ4v) is 4.43. The van der Waals surface area contributed by atoms with Gasteiger partial charge in [0, 0.05) is 30.3 Å². The Hall–Kier alpha value is -3.83. The van der Waals surface area contributed by atoms with Gasteiger partial charge in [-0.1, -0.05) is 0 Å². The van der Waals surface area contributed by atoms with Gasteiger partial charge in [0.1, 0.15) is 17.9 Å². The van der Waals surface area contributed by atoms with E-state index < -0.39 is 11.9 Å². The van der Waals surface area contributed by atoms with Crippen molar-refractivity contribution in [3.8, 4) is 22.8 Å². The van der Waals surface area contributed by atoms with E-state index in [1.807, 2.05) is 0 Å². The number of hydrogen-bond acceptors (Lipinski definition) is 6. The number of nitrogens with zero attached hydrogens (tertiary/aromatic N) is 5. The van der Waals surface area contributed by atoms with Gasteiger partial charge in [0.25, 0.3) is 0 Å². The predicted molar refractivity (Wildman–Crippen MR) is 108 cm³/mol. The molecule has 1 N–H and O–H groups in total. The summed E-state index contributed by atoms with van der Waals surface area (Å²) in [7, 11) is 1.43. The number of benzene rings is 1. The van der Waals surface area contributed by atoms with Crippen molar-refractivity contribution in [3.63, 3.8) is 0 Å². The quantitative estimate of drug-likeness (QED) is 0.436. The average molecular weight is 460 g/mol. The van der Waals surface area contributed by atoms with E-state index in [9.17, 15) is 17.6 Å². The third kappa shape index (κ3) is 3.00. The number of alkyl halides is 3. The Kier molecular flexibility index (Phi) is 4.10. The Morgan fingerprint density at radius 3 is 2.67 bits per heavy atom. The molecular weight excluding hydrogens is 444 g/mol. The number of rotatable bonds is 1. The van der Waals surface area contributed by atoms with Crippen LogP contribution in [0.4, 0.5) is 23.4 Å². The summed E-state index contributed by atoms with van der Waals surface area (Å²) in [5.74, 6) is 0.916. The Labute approximate surface area is 183 Å². The van der Waals surface area contributed by atoms with Gasteiger partial charge in [-0.2, -0.15) is 18.3 Å². The summed E-state index contributed by atoms with van der Waals surface area (Å²) < 4.78 is 68.9. The van der Waals surface area contributed by atoms with E-state index in [-0.39, 0.29) is 30.6 Å². The zero-order valence-corrected chi connectivity index (χ0v) is 17.1. The molecule has 0 fully saturated rings. The molecule has 1 atom stereocenters. The second-order valence-electron chi connectivity index (χ2n) is 7.94. The molecule has 8 nitrogen and oxygen atoms in total. The Bertz CT molecular complexity index is 1410. The topological polar surface area (TPSA) is 78.5 Å². The molecule has 0 saturated heterocycles. The lowest BCUT2D eigenvalue weighted by Crippen LogP contribution is -2.13. The summed E-state index contributed by atoms with van der Waals surface area (Å²) in [5.41, 5.74) is 1.11. The molecule has 0 radical (unpaired) electrons. The second kappa shape index (κ2) is 6.83. The van der Waals surface area contributed by atoms with Crippen molar-refractivity contribution < 1.29 is 27.0 Å². The monoisotopic (exact) mass is 460 g/mol. The zero-order valence-electron chi connectivity index (χ0n) is 17.1. The molecule has 0 unspecified atom stereocenters. The Balaban J connectivity index is 1.50. The first-order valence-corrected chi connectivity index (χ1v) is 10.1. The highest BCUT2D eigenvalue weighted by atomic mass is 19.4. The Morgan fingerprint density at radius 1 is 1.12 bits per heavy atom. The fourth-order valence-electron chi connectivity index (χ4n) is 4.43. The number of halogens is 4. The first-order chi connectivity index (χ1) is 15.8. The van der Waals surface area contributed by atoms with Crippen molar-refractivity contribution in [2.75, 3.05) is 18.5 Å². The van der Waals surface area contributed by atoms with Crippen LogP contribution in [0.2, 0.25) is 0 Å². The minimum atomic E-state index is -4.59. The molecular formula is C21H16F4N6O2. The van der Waals surface area contributed by atoms with Crippen molar-refractivity contribution in [1.29, 1.82) is 0 Å². The van der Waals surface area contributed by atoms with E-state index in [0.717, 1.165) is 16.3 Å². The van der Waals surface area contributed by atoms with Crippen LogP contribution in [0.5, 0.6) is 11.5 Å². The van der Waals surface area contributed by atoms with Crippen LogP contribution in [0.15, 0.2) is 30.6 Å². The third-order valence-corrected chi connectivity index (χ3v) is 5.97. The number of hydrogen-bond donors (Lipinski definition) is 1. The summed E-state index contributed by atoms with van der Waals surface area (Å²) >= 11 is 0. The van der Waals surface area contributed by atoms with Gasteiger partial charge < -0.3 is 14.8 Å². The van der Waals surface area contributed by atoms with Crippen molar-refractivity contribution in [3.05, 3.63) is 53.2 Å². The first-order valence-electron chi connectivity index (χ1n) is 10.1. The fraction of sp³-hybridized carbons (Fsp3) is 0.286. The minimum Gasteiger partial charge on any atom is -0.493 e. The second-order valence-corrected chi connectivity index (χ2v) is 7.94. The van der Waals surface area contributed by atoms with Crippen molar-refractivity contribution in [2.45, 2.75) is 18.6 Å². The number of nitrogens with one attached hydrogen (secondary N) is 1. The van der Waals surface area contributed by atoms with Crippen LogP contribution < -0.4 is 14.8 Å². The summed E-state index contributed by atoms with van der Waals surface area (Å²) in [6, 6.07) is 5.54. The van der Waals surface area contributed by atoms with Crippen molar-refractivity contribution >= 4 is 11.5 Å². The summed E-state index contributed by atoms with van der Waals surface area (Å²) in [6.07, 6.45) is -3.16. The number of aromatic nitrogens is 5. The SMILES string of the molecule is Cn1nc(C(F)(F)F)cc1-c1cc2c(n3cnnc13)NCc1c(F)ccc3c1[C@H](CO3)CO2. The molecule has 170 valence electrons. The van der Waals surface area contributed by atoms with Crippen LogP contribution in [0.1, 0.15) is 22.7 Å². The van der Waals surface area contributed by atoms with Crippen molar-refractivity contribution in [2.24, 2.45) is 7.05 Å². The maximum Gasteiger partial charge on any atom is 0.435 e. The normalized spacial score (nSPS) is 17.3. The lowest BCUT2D eigenvalue weighted by Gasteiger charge is -2.16. The third-order valence-electron chi connectivity index (χ3n) is 5.97. The average Bonchev–Trinajstić information content (AvgIpc) is 3.49. The highest BCUT2D eigenvalue weighted by Gasteiger charge is 2.36. The molecule has 4 aromatic rings. The molecule has 0 amide bonds. The summed E-state index contributed by atoms with van der Waals surface area (Å²) in [5, 5.41) is 14.8. The lowest BCUT2D eigenvalue weighted by molar-refractivity contribution is -0.141. The van der Waals surface area contributed by atoms with Crippen LogP contribution in [-0.4, -0.2) is 37.6 Å². The molecule has 0 bridgehead atoms. The maximum atomic E-state index is 14.7. The standard InChI is InChI=1S/C21H16F4N6O2/c1-30-14(5-17(29-30)21(23,24)25)11-4-16-20(31-9-27-28-19(11)31)26-6-12-13(22)2-3-15-18(12)10(7-32-15)8-33-16/h2-5,9-10,26H,6-8H2,1H3/t10-/m1/s1. The van der Waals surface area contributed by atoms with E-state index >= 15 is 0 Å². The predicted octanol–water partition coefficient (Wildman–Crippen LogP) is 3.77. The van der Waals surface area contributed by atoms with Gasteiger partial charge in [-0.25, -0.2) is 4.39 Å². The molecule has 33 heavy (non-hydrogen) atoms. The first kappa shape index (κ1) is 19.8. The molecule has 6 rings (SSSR count). The van der Waals surface area contributed by atoms with Crippen LogP contribution in [0.3, 0.4) is 0 Å². The molecule has 0 saturated carbocycles. The summed E-state index contributed by atoms with van der Waals surface area (Å²) in [6.45, 7) is 0.700. The van der Waals surface area contributed by atoms with E-state index in [1.54, 1.807) is 16.5 Å². The van der Waals surface area contributed by atoms with E-state index in [2.05, 4.69) is 20.6 Å². The van der Waals surface area contributed by atoms with Crippen LogP contribution >= 0.6 is 0 Å². The van der Waals surface area contributed by atoms with Gasteiger partial charge in [0.15, 0.2) is 22.9 Å². The minimum absolute atomic E-state index is 0.155. The molecule has 1 aromatic carbocycles. The smallest absolute Gasteiger partial charge is 0.435 e. The summed E-state index contributed by atoms with van der Waals surface area (Å²) in [4.78, 5) is 0. The van der Waals surface area contributed by atoms with Gasteiger partial charge in [-0.3, -0.25) is 9.08 Å². The highest BCUT2D eigenvalue weighted by molar-refractivity contribution is 5.80. The molecule has 5 heterocycles. The van der Waals surface area contributed by atoms with Crippen LogP contribution in [-0.2, 0) is 19.8 Å². The lowest BCUT2D eigenvalue weighted by atomic mass is 9.96. The van der Waals surface area contributed by atoms with Gasteiger partial charge in [0.05, 0.1) is 24.8 Å². The molecule has 3 aromatic heterocycles. The van der Waals surface area contributed by atoms with Crippen LogP contribution in [0.25, 0.3) is 16.9 Å². The van der Waals surface area contributed by atoms with Gasteiger partial charge in [0.2, 0.25) is 0 Å². The van der Waals surface area contributed by atoms with E-state index in [4.69, 9.17) is 9.47 Å². The number of fused-ring (bicyclic) bond motifs is 3.